The Balaban J connectivity index is 2.32. The quantitative estimate of drug-likeness (QED) is 0.682. The van der Waals surface area contributed by atoms with E-state index < -0.39 is 11.1 Å². The van der Waals surface area contributed by atoms with Gasteiger partial charge in [-0.1, -0.05) is 18.2 Å². The third-order valence-corrected chi connectivity index (χ3v) is 3.18. The molecule has 1 aromatic carbocycles. The molecule has 92 valence electrons. The van der Waals surface area contributed by atoms with Gasteiger partial charge in [0.2, 0.25) is 0 Å². The van der Waals surface area contributed by atoms with E-state index in [1.54, 1.807) is 12.1 Å². The van der Waals surface area contributed by atoms with Gasteiger partial charge in [0.1, 0.15) is 5.69 Å². The molecule has 1 heterocycles. The van der Waals surface area contributed by atoms with Crippen LogP contribution in [0, 0.1) is 10.1 Å². The van der Waals surface area contributed by atoms with Crippen LogP contribution in [0.15, 0.2) is 41.8 Å². The first-order valence-corrected chi connectivity index (χ1v) is 5.79. The van der Waals surface area contributed by atoms with Gasteiger partial charge in [-0.2, -0.15) is 0 Å². The fraction of sp³-hybridized carbons (Fsp3) is 0. The molecule has 2 aromatic rings. The number of hydrogen-bond donors (Lipinski definition) is 1. The van der Waals surface area contributed by atoms with E-state index in [0.717, 1.165) is 10.4 Å². The summed E-state index contributed by atoms with van der Waals surface area (Å²) in [4.78, 5) is 22.4. The van der Waals surface area contributed by atoms with E-state index in [4.69, 9.17) is 5.11 Å². The number of rotatable bonds is 3. The molecule has 0 fully saturated rings. The summed E-state index contributed by atoms with van der Waals surface area (Å²) in [6.45, 7) is 0. The van der Waals surface area contributed by atoms with Gasteiger partial charge in [0.15, 0.2) is 5.03 Å². The Labute approximate surface area is 106 Å². The number of hydrogen-bond acceptors (Lipinski definition) is 4. The molecular weight excluding hydrogens is 256 g/mol. The van der Waals surface area contributed by atoms with E-state index in [9.17, 15) is 14.9 Å². The number of thiophene rings is 1. The van der Waals surface area contributed by atoms with Gasteiger partial charge in [-0.25, -0.2) is 14.9 Å². The molecule has 18 heavy (non-hydrogen) atoms. The lowest BCUT2D eigenvalue weighted by Crippen LogP contribution is -2.34. The fourth-order valence-corrected chi connectivity index (χ4v) is 2.22. The van der Waals surface area contributed by atoms with Gasteiger partial charge in [-0.3, -0.25) is 0 Å². The van der Waals surface area contributed by atoms with Gasteiger partial charge in [0.05, 0.1) is 0 Å². The van der Waals surface area contributed by atoms with Gasteiger partial charge < -0.3 is 5.11 Å². The van der Waals surface area contributed by atoms with Crippen LogP contribution in [0.2, 0.25) is 0 Å². The molecule has 0 saturated carbocycles. The average Bonchev–Trinajstić information content (AvgIpc) is 2.82. The summed E-state index contributed by atoms with van der Waals surface area (Å²) in [7, 11) is 0. The minimum absolute atomic E-state index is 0.00723. The monoisotopic (exact) mass is 264 g/mol. The van der Waals surface area contributed by atoms with Gasteiger partial charge in [-0.15, -0.1) is 11.3 Å². The molecule has 1 amide bonds. The number of hydrazine groups is 1. The number of nitrogens with zero attached hydrogens (tertiary/aromatic N) is 2. The molecule has 2 rings (SSSR count). The topological polar surface area (TPSA) is 83.7 Å². The van der Waals surface area contributed by atoms with Crippen LogP contribution in [-0.4, -0.2) is 16.2 Å². The highest BCUT2D eigenvalue weighted by atomic mass is 32.1. The van der Waals surface area contributed by atoms with Crippen LogP contribution in [-0.2, 0) is 0 Å². The number of benzene rings is 1. The molecular formula is C11H8N2O4S. The molecule has 0 bridgehead atoms. The first-order valence-electron chi connectivity index (χ1n) is 4.91. The predicted molar refractivity (Wildman–Crippen MR) is 67.3 cm³/mol. The maximum Gasteiger partial charge on any atom is 0.470 e. The van der Waals surface area contributed by atoms with E-state index >= 15 is 0 Å². The van der Waals surface area contributed by atoms with E-state index in [0.29, 0.717) is 0 Å². The van der Waals surface area contributed by atoms with Crippen molar-refractivity contribution >= 4 is 23.1 Å². The van der Waals surface area contributed by atoms with Gasteiger partial charge in [-0.05, 0) is 29.1 Å². The second-order valence-corrected chi connectivity index (χ2v) is 4.30. The zero-order valence-electron chi connectivity index (χ0n) is 9.02. The van der Waals surface area contributed by atoms with Crippen LogP contribution in [0.5, 0.6) is 0 Å². The number of carbonyl (C=O) groups is 1. The zero-order chi connectivity index (χ0) is 13.1. The summed E-state index contributed by atoms with van der Waals surface area (Å²) in [5, 5.41) is 20.4. The molecule has 0 aliphatic heterocycles. The van der Waals surface area contributed by atoms with Crippen LogP contribution in [0.3, 0.4) is 0 Å². The number of anilines is 1. The summed E-state index contributed by atoms with van der Waals surface area (Å²) in [5.74, 6) is 0. The van der Waals surface area contributed by atoms with E-state index in [1.165, 1.54) is 23.5 Å². The summed E-state index contributed by atoms with van der Waals surface area (Å²) >= 11 is 1.54. The smallest absolute Gasteiger partial charge is 0.461 e. The van der Waals surface area contributed by atoms with E-state index in [-0.39, 0.29) is 10.7 Å². The maximum absolute atomic E-state index is 10.7. The van der Waals surface area contributed by atoms with Gasteiger partial charge >= 0.3 is 6.09 Å². The molecule has 0 aliphatic carbocycles. The molecule has 0 radical (unpaired) electrons. The highest BCUT2D eigenvalue weighted by molar-refractivity contribution is 7.13. The van der Waals surface area contributed by atoms with Gasteiger partial charge in [0, 0.05) is 9.89 Å². The first kappa shape index (κ1) is 12.1. The zero-order valence-corrected chi connectivity index (χ0v) is 9.83. The normalized spacial score (nSPS) is 10.0. The Morgan fingerprint density at radius 2 is 1.94 bits per heavy atom. The van der Waals surface area contributed by atoms with Crippen molar-refractivity contribution in [1.29, 1.82) is 0 Å². The lowest BCUT2D eigenvalue weighted by atomic mass is 10.2. The Morgan fingerprint density at radius 3 is 2.39 bits per heavy atom. The molecule has 6 nitrogen and oxygen atoms in total. The van der Waals surface area contributed by atoms with Crippen molar-refractivity contribution in [2.24, 2.45) is 0 Å². The minimum atomic E-state index is -1.62. The SMILES string of the molecule is O=C(O)N(c1ccc(-c2cccs2)cc1)[N+](=O)[O-]. The maximum atomic E-state index is 10.7. The van der Waals surface area contributed by atoms with Gasteiger partial charge in [0.25, 0.3) is 0 Å². The minimum Gasteiger partial charge on any atom is -0.461 e. The second-order valence-electron chi connectivity index (χ2n) is 3.36. The van der Waals surface area contributed by atoms with Crippen LogP contribution >= 0.6 is 11.3 Å². The Kier molecular flexibility index (Phi) is 3.24. The largest absolute Gasteiger partial charge is 0.470 e. The highest BCUT2D eigenvalue weighted by Gasteiger charge is 2.25. The lowest BCUT2D eigenvalue weighted by molar-refractivity contribution is -0.483. The molecule has 0 aliphatic rings. The summed E-state index contributed by atoms with van der Waals surface area (Å²) in [6, 6.07) is 9.94. The Hall–Kier alpha value is -2.41. The summed E-state index contributed by atoms with van der Waals surface area (Å²) in [5.41, 5.74) is 0.898. The molecule has 1 N–H and O–H groups in total. The van der Waals surface area contributed by atoms with Crippen molar-refractivity contribution < 1.29 is 14.9 Å². The van der Waals surface area contributed by atoms with Crippen LogP contribution < -0.4 is 5.01 Å². The van der Waals surface area contributed by atoms with Crippen molar-refractivity contribution in [3.63, 3.8) is 0 Å². The van der Waals surface area contributed by atoms with E-state index in [2.05, 4.69) is 0 Å². The molecule has 0 spiro atoms. The number of carboxylic acid groups (broad SMARTS) is 1. The highest BCUT2D eigenvalue weighted by Crippen LogP contribution is 2.26. The predicted octanol–water partition coefficient (Wildman–Crippen LogP) is 3.09. The third-order valence-electron chi connectivity index (χ3n) is 2.26. The molecule has 7 heteroatoms. The standard InChI is InChI=1S/C11H8N2O4S/c14-11(15)12(13(16)17)9-5-3-8(4-6-9)10-2-1-7-18-10/h1-7H,(H,14,15). The van der Waals surface area contributed by atoms with E-state index in [1.807, 2.05) is 17.5 Å². The molecule has 1 aromatic heterocycles. The molecule has 0 atom stereocenters. The van der Waals surface area contributed by atoms with Crippen LogP contribution in [0.4, 0.5) is 10.5 Å². The molecule has 0 saturated heterocycles. The van der Waals surface area contributed by atoms with Crippen LogP contribution in [0.1, 0.15) is 0 Å². The Bertz CT molecular complexity index is 551. The lowest BCUT2D eigenvalue weighted by Gasteiger charge is -2.08. The third kappa shape index (κ3) is 2.30. The molecule has 0 unspecified atom stereocenters. The first-order chi connectivity index (χ1) is 8.59. The van der Waals surface area contributed by atoms with Crippen molar-refractivity contribution in [3.8, 4) is 10.4 Å². The second kappa shape index (κ2) is 4.84. The number of nitro groups is 1. The summed E-state index contributed by atoms with van der Waals surface area (Å²) in [6.07, 6.45) is -1.62. The van der Waals surface area contributed by atoms with Crippen molar-refractivity contribution in [2.45, 2.75) is 0 Å². The summed E-state index contributed by atoms with van der Waals surface area (Å²) < 4.78 is 0. The van der Waals surface area contributed by atoms with Crippen LogP contribution in [0.25, 0.3) is 10.4 Å². The fourth-order valence-electron chi connectivity index (χ4n) is 1.48. The van der Waals surface area contributed by atoms with Crippen molar-refractivity contribution in [2.75, 3.05) is 5.01 Å². The number of amides is 1. The average molecular weight is 264 g/mol. The van der Waals surface area contributed by atoms with Crippen molar-refractivity contribution in [3.05, 3.63) is 51.9 Å². The Morgan fingerprint density at radius 1 is 1.28 bits per heavy atom. The van der Waals surface area contributed by atoms with Crippen molar-refractivity contribution in [1.82, 2.24) is 0 Å².